The summed E-state index contributed by atoms with van der Waals surface area (Å²) in [5, 5.41) is 8.72. The molecule has 0 saturated carbocycles. The zero-order chi connectivity index (χ0) is 10.6. The van der Waals surface area contributed by atoms with Gasteiger partial charge >= 0.3 is 5.97 Å². The quantitative estimate of drug-likeness (QED) is 0.763. The minimum absolute atomic E-state index is 0.407. The number of aliphatic carboxylic acids is 1. The Morgan fingerprint density at radius 2 is 2.43 bits per heavy atom. The molecule has 1 heterocycles. The van der Waals surface area contributed by atoms with E-state index >= 15 is 0 Å². The van der Waals surface area contributed by atoms with E-state index in [1.165, 1.54) is 6.33 Å². The number of aromatic nitrogens is 2. The number of nitrogens with zero attached hydrogens (tertiary/aromatic N) is 3. The minimum Gasteiger partial charge on any atom is -0.481 e. The maximum absolute atomic E-state index is 10.6. The molecule has 1 atom stereocenters. The lowest BCUT2D eigenvalue weighted by Gasteiger charge is -2.19. The molecule has 0 saturated heterocycles. The van der Waals surface area contributed by atoms with E-state index in [0.717, 1.165) is 5.82 Å². The molecule has 0 bridgehead atoms. The summed E-state index contributed by atoms with van der Waals surface area (Å²) in [5.41, 5.74) is 0. The van der Waals surface area contributed by atoms with Crippen LogP contribution in [0.4, 0.5) is 5.82 Å². The molecule has 0 radical (unpaired) electrons. The van der Waals surface area contributed by atoms with Crippen LogP contribution in [0.1, 0.15) is 6.92 Å². The Hall–Kier alpha value is -1.65. The topological polar surface area (TPSA) is 66.3 Å². The van der Waals surface area contributed by atoms with Crippen LogP contribution in [0.15, 0.2) is 18.6 Å². The Morgan fingerprint density at radius 3 is 2.93 bits per heavy atom. The van der Waals surface area contributed by atoms with Crippen molar-refractivity contribution in [1.29, 1.82) is 0 Å². The molecular weight excluding hydrogens is 182 g/mol. The van der Waals surface area contributed by atoms with E-state index in [2.05, 4.69) is 9.97 Å². The first-order chi connectivity index (χ1) is 6.61. The molecule has 0 fully saturated rings. The molecule has 5 heteroatoms. The number of hydrogen-bond acceptors (Lipinski definition) is 4. The van der Waals surface area contributed by atoms with E-state index < -0.39 is 11.9 Å². The number of carboxylic acid groups (broad SMARTS) is 1. The van der Waals surface area contributed by atoms with Gasteiger partial charge in [-0.05, 0) is 6.07 Å². The van der Waals surface area contributed by atoms with Crippen molar-refractivity contribution >= 4 is 11.8 Å². The van der Waals surface area contributed by atoms with Gasteiger partial charge in [-0.1, -0.05) is 6.92 Å². The number of rotatable bonds is 4. The first-order valence-electron chi connectivity index (χ1n) is 4.31. The summed E-state index contributed by atoms with van der Waals surface area (Å²) in [6.07, 6.45) is 3.07. The van der Waals surface area contributed by atoms with Crippen LogP contribution in [-0.2, 0) is 4.79 Å². The van der Waals surface area contributed by atoms with Crippen LogP contribution in [0.5, 0.6) is 0 Å². The van der Waals surface area contributed by atoms with Gasteiger partial charge in [0.1, 0.15) is 12.1 Å². The van der Waals surface area contributed by atoms with Crippen LogP contribution in [0.3, 0.4) is 0 Å². The largest absolute Gasteiger partial charge is 0.481 e. The third-order valence-electron chi connectivity index (χ3n) is 1.93. The highest BCUT2D eigenvalue weighted by atomic mass is 16.4. The van der Waals surface area contributed by atoms with E-state index in [1.54, 1.807) is 24.1 Å². The Morgan fingerprint density at radius 1 is 1.71 bits per heavy atom. The summed E-state index contributed by atoms with van der Waals surface area (Å²) in [7, 11) is 1.81. The van der Waals surface area contributed by atoms with Crippen molar-refractivity contribution in [3.63, 3.8) is 0 Å². The molecule has 14 heavy (non-hydrogen) atoms. The van der Waals surface area contributed by atoms with Crippen LogP contribution < -0.4 is 4.90 Å². The Balaban J connectivity index is 2.59. The van der Waals surface area contributed by atoms with E-state index in [0.29, 0.717) is 6.54 Å². The van der Waals surface area contributed by atoms with E-state index in [9.17, 15) is 4.79 Å². The maximum atomic E-state index is 10.6. The van der Waals surface area contributed by atoms with E-state index in [-0.39, 0.29) is 0 Å². The summed E-state index contributed by atoms with van der Waals surface area (Å²) in [6.45, 7) is 2.10. The highest BCUT2D eigenvalue weighted by molar-refractivity contribution is 5.70. The van der Waals surface area contributed by atoms with Gasteiger partial charge in [0.2, 0.25) is 0 Å². The average Bonchev–Trinajstić information content (AvgIpc) is 2.19. The van der Waals surface area contributed by atoms with Gasteiger partial charge in [0.25, 0.3) is 0 Å². The summed E-state index contributed by atoms with van der Waals surface area (Å²) in [5.74, 6) is -0.478. The molecule has 0 aromatic carbocycles. The third-order valence-corrected chi connectivity index (χ3v) is 1.93. The molecule has 5 nitrogen and oxygen atoms in total. The standard InChI is InChI=1S/C9H13N3O2/c1-7(9(13)14)5-12(2)8-3-4-10-6-11-8/h3-4,6-7H,5H2,1-2H3,(H,13,14). The van der Waals surface area contributed by atoms with Crippen molar-refractivity contribution in [2.75, 3.05) is 18.5 Å². The molecule has 1 rings (SSSR count). The van der Waals surface area contributed by atoms with E-state index in [1.807, 2.05) is 7.05 Å². The number of carbonyl (C=O) groups is 1. The number of carboxylic acids is 1. The van der Waals surface area contributed by atoms with Crippen molar-refractivity contribution in [2.45, 2.75) is 6.92 Å². The highest BCUT2D eigenvalue weighted by Gasteiger charge is 2.14. The molecule has 0 aliphatic rings. The smallest absolute Gasteiger partial charge is 0.308 e. The van der Waals surface area contributed by atoms with Crippen LogP contribution in [-0.4, -0.2) is 34.6 Å². The summed E-state index contributed by atoms with van der Waals surface area (Å²) in [4.78, 5) is 20.2. The van der Waals surface area contributed by atoms with Crippen LogP contribution in [0, 0.1) is 5.92 Å². The number of anilines is 1. The first kappa shape index (κ1) is 10.4. The zero-order valence-corrected chi connectivity index (χ0v) is 8.21. The van der Waals surface area contributed by atoms with Crippen LogP contribution in [0.25, 0.3) is 0 Å². The predicted molar refractivity (Wildman–Crippen MR) is 52.1 cm³/mol. The van der Waals surface area contributed by atoms with Crippen LogP contribution in [0.2, 0.25) is 0 Å². The third kappa shape index (κ3) is 2.69. The van der Waals surface area contributed by atoms with Crippen molar-refractivity contribution in [3.8, 4) is 0 Å². The molecule has 1 unspecified atom stereocenters. The fraction of sp³-hybridized carbons (Fsp3) is 0.444. The monoisotopic (exact) mass is 195 g/mol. The molecule has 1 aromatic heterocycles. The highest BCUT2D eigenvalue weighted by Crippen LogP contribution is 2.08. The second-order valence-electron chi connectivity index (χ2n) is 3.19. The van der Waals surface area contributed by atoms with Gasteiger partial charge < -0.3 is 10.0 Å². The average molecular weight is 195 g/mol. The van der Waals surface area contributed by atoms with Gasteiger partial charge in [-0.3, -0.25) is 4.79 Å². The fourth-order valence-corrected chi connectivity index (χ4v) is 1.09. The second kappa shape index (κ2) is 4.55. The molecule has 0 aliphatic carbocycles. The Labute approximate surface area is 82.4 Å². The fourth-order valence-electron chi connectivity index (χ4n) is 1.09. The lowest BCUT2D eigenvalue weighted by atomic mass is 10.2. The molecule has 0 aliphatic heterocycles. The lowest BCUT2D eigenvalue weighted by molar-refractivity contribution is -0.140. The maximum Gasteiger partial charge on any atom is 0.308 e. The molecule has 0 spiro atoms. The second-order valence-corrected chi connectivity index (χ2v) is 3.19. The normalized spacial score (nSPS) is 12.1. The first-order valence-corrected chi connectivity index (χ1v) is 4.31. The summed E-state index contributed by atoms with van der Waals surface area (Å²) < 4.78 is 0. The van der Waals surface area contributed by atoms with Gasteiger partial charge in [0, 0.05) is 19.8 Å². The van der Waals surface area contributed by atoms with Gasteiger partial charge in [0.05, 0.1) is 5.92 Å². The lowest BCUT2D eigenvalue weighted by Crippen LogP contribution is -2.28. The van der Waals surface area contributed by atoms with Crippen molar-refractivity contribution in [2.24, 2.45) is 5.92 Å². The zero-order valence-electron chi connectivity index (χ0n) is 8.21. The van der Waals surface area contributed by atoms with Crippen molar-refractivity contribution < 1.29 is 9.90 Å². The van der Waals surface area contributed by atoms with E-state index in [4.69, 9.17) is 5.11 Å². The van der Waals surface area contributed by atoms with Crippen LogP contribution >= 0.6 is 0 Å². The molecule has 76 valence electrons. The van der Waals surface area contributed by atoms with Gasteiger partial charge in [-0.25, -0.2) is 9.97 Å². The summed E-state index contributed by atoms with van der Waals surface area (Å²) >= 11 is 0. The number of hydrogen-bond donors (Lipinski definition) is 1. The molecule has 0 amide bonds. The summed E-state index contributed by atoms with van der Waals surface area (Å²) in [6, 6.07) is 1.74. The van der Waals surface area contributed by atoms with Gasteiger partial charge in [-0.15, -0.1) is 0 Å². The predicted octanol–water partition coefficient (Wildman–Crippen LogP) is 0.633. The molecule has 1 N–H and O–H groups in total. The SMILES string of the molecule is CC(CN(C)c1ccncn1)C(=O)O. The Kier molecular flexibility index (Phi) is 3.39. The Bertz CT molecular complexity index is 302. The molecule has 1 aromatic rings. The minimum atomic E-state index is -0.800. The van der Waals surface area contributed by atoms with Crippen molar-refractivity contribution in [3.05, 3.63) is 18.6 Å². The van der Waals surface area contributed by atoms with Gasteiger partial charge in [-0.2, -0.15) is 0 Å². The molecular formula is C9H13N3O2. The van der Waals surface area contributed by atoms with Gasteiger partial charge in [0.15, 0.2) is 0 Å². The van der Waals surface area contributed by atoms with Crippen molar-refractivity contribution in [1.82, 2.24) is 9.97 Å².